The summed E-state index contributed by atoms with van der Waals surface area (Å²) in [6.45, 7) is 8.38. The quantitative estimate of drug-likeness (QED) is 0.608. The van der Waals surface area contributed by atoms with E-state index in [0.29, 0.717) is 12.3 Å². The van der Waals surface area contributed by atoms with Crippen LogP contribution in [0.3, 0.4) is 0 Å². The lowest BCUT2D eigenvalue weighted by Crippen LogP contribution is -2.79. The molecule has 0 aromatic carbocycles. The number of carbonyl (C=O) groups excluding carboxylic acids is 3. The van der Waals surface area contributed by atoms with Gasteiger partial charge in [0.25, 0.3) is 0 Å². The number of rotatable bonds is 0. The maximum Gasteiger partial charge on any atom is 0.243 e. The van der Waals surface area contributed by atoms with Crippen molar-refractivity contribution in [1.29, 1.82) is 0 Å². The molecular formula is C20H29N3O3. The molecule has 5 saturated heterocycles. The molecule has 0 radical (unpaired) electrons. The van der Waals surface area contributed by atoms with Gasteiger partial charge in [-0.2, -0.15) is 0 Å². The molecule has 6 aliphatic rings. The minimum absolute atomic E-state index is 0.0359. The van der Waals surface area contributed by atoms with Crippen molar-refractivity contribution < 1.29 is 14.4 Å². The zero-order valence-corrected chi connectivity index (χ0v) is 16.5. The number of imide groups is 1. The van der Waals surface area contributed by atoms with Crippen LogP contribution < -0.4 is 0 Å². The van der Waals surface area contributed by atoms with Crippen LogP contribution in [0, 0.1) is 22.7 Å². The number of piperidine rings is 2. The lowest BCUT2D eigenvalue weighted by Gasteiger charge is -2.65. The summed E-state index contributed by atoms with van der Waals surface area (Å²) in [4.78, 5) is 44.9. The molecule has 1 saturated carbocycles. The van der Waals surface area contributed by atoms with Crippen molar-refractivity contribution in [2.75, 3.05) is 27.2 Å². The van der Waals surface area contributed by atoms with E-state index in [1.165, 1.54) is 4.90 Å². The van der Waals surface area contributed by atoms with Crippen LogP contribution in [-0.4, -0.2) is 70.7 Å². The van der Waals surface area contributed by atoms with Gasteiger partial charge in [0.2, 0.25) is 17.7 Å². The molecule has 1 aliphatic carbocycles. The van der Waals surface area contributed by atoms with Crippen molar-refractivity contribution in [2.24, 2.45) is 22.7 Å². The minimum Gasteiger partial charge on any atom is -0.337 e. The van der Waals surface area contributed by atoms with Crippen LogP contribution in [0.2, 0.25) is 0 Å². The number of piperazine rings is 1. The number of amides is 3. The summed E-state index contributed by atoms with van der Waals surface area (Å²) in [5.74, 6) is 0.715. The van der Waals surface area contributed by atoms with Gasteiger partial charge < -0.3 is 4.90 Å². The Morgan fingerprint density at radius 2 is 1.77 bits per heavy atom. The van der Waals surface area contributed by atoms with Gasteiger partial charge in [-0.25, -0.2) is 0 Å². The summed E-state index contributed by atoms with van der Waals surface area (Å²) in [7, 11) is 3.55. The van der Waals surface area contributed by atoms with Gasteiger partial charge in [-0.1, -0.05) is 20.8 Å². The lowest BCUT2D eigenvalue weighted by molar-refractivity contribution is -0.189. The third kappa shape index (κ3) is 1.37. The first kappa shape index (κ1) is 16.7. The van der Waals surface area contributed by atoms with Crippen LogP contribution in [0.5, 0.6) is 0 Å². The molecule has 142 valence electrons. The van der Waals surface area contributed by atoms with Crippen molar-refractivity contribution in [3.05, 3.63) is 0 Å². The van der Waals surface area contributed by atoms with Gasteiger partial charge in [-0.15, -0.1) is 0 Å². The maximum atomic E-state index is 13.5. The molecule has 5 atom stereocenters. The number of fused-ring (bicyclic) bond motifs is 1. The fourth-order valence-electron chi connectivity index (χ4n) is 7.69. The first-order valence-electron chi connectivity index (χ1n) is 9.89. The normalized spacial score (nSPS) is 49.5. The highest BCUT2D eigenvalue weighted by Crippen LogP contribution is 2.72. The van der Waals surface area contributed by atoms with E-state index in [9.17, 15) is 14.4 Å². The molecule has 0 aromatic rings. The molecule has 2 bridgehead atoms. The van der Waals surface area contributed by atoms with Crippen LogP contribution in [0.15, 0.2) is 0 Å². The van der Waals surface area contributed by atoms with Crippen LogP contribution in [0.4, 0.5) is 0 Å². The molecule has 6 rings (SSSR count). The third-order valence-electron chi connectivity index (χ3n) is 9.44. The number of carbonyl (C=O) groups is 3. The predicted octanol–water partition coefficient (Wildman–Crippen LogP) is 1.10. The van der Waals surface area contributed by atoms with E-state index >= 15 is 0 Å². The molecule has 5 heterocycles. The van der Waals surface area contributed by atoms with Crippen LogP contribution in [-0.2, 0) is 14.4 Å². The molecule has 0 N–H and O–H groups in total. The molecule has 3 spiro atoms. The highest BCUT2D eigenvalue weighted by atomic mass is 16.2. The zero-order valence-electron chi connectivity index (χ0n) is 16.5. The van der Waals surface area contributed by atoms with Gasteiger partial charge in [0.1, 0.15) is 5.54 Å². The van der Waals surface area contributed by atoms with E-state index in [-0.39, 0.29) is 41.0 Å². The highest BCUT2D eigenvalue weighted by molar-refractivity contribution is 6.06. The second kappa shape index (κ2) is 4.34. The van der Waals surface area contributed by atoms with Crippen molar-refractivity contribution in [1.82, 2.24) is 14.7 Å². The van der Waals surface area contributed by atoms with Gasteiger partial charge in [0.05, 0.1) is 11.0 Å². The van der Waals surface area contributed by atoms with Crippen molar-refractivity contribution >= 4 is 17.7 Å². The number of likely N-dealkylation sites (tertiary alicyclic amines) is 1. The number of likely N-dealkylation sites (N-methyl/N-ethyl adjacent to an activating group) is 1. The molecule has 5 aliphatic heterocycles. The topological polar surface area (TPSA) is 60.9 Å². The van der Waals surface area contributed by atoms with E-state index in [0.717, 1.165) is 25.9 Å². The smallest absolute Gasteiger partial charge is 0.243 e. The largest absolute Gasteiger partial charge is 0.337 e. The zero-order chi connectivity index (χ0) is 18.9. The van der Waals surface area contributed by atoms with E-state index in [4.69, 9.17) is 0 Å². The van der Waals surface area contributed by atoms with Crippen molar-refractivity contribution in [3.8, 4) is 0 Å². The van der Waals surface area contributed by atoms with Crippen LogP contribution in [0.25, 0.3) is 0 Å². The van der Waals surface area contributed by atoms with Gasteiger partial charge in [0.15, 0.2) is 0 Å². The predicted molar refractivity (Wildman–Crippen MR) is 94.9 cm³/mol. The van der Waals surface area contributed by atoms with E-state index in [2.05, 4.69) is 25.7 Å². The number of hydrogen-bond acceptors (Lipinski definition) is 4. The van der Waals surface area contributed by atoms with Gasteiger partial charge >= 0.3 is 0 Å². The molecule has 3 amide bonds. The Bertz CT molecular complexity index is 763. The first-order chi connectivity index (χ1) is 12.0. The van der Waals surface area contributed by atoms with Crippen LogP contribution >= 0.6 is 0 Å². The van der Waals surface area contributed by atoms with E-state index < -0.39 is 11.0 Å². The fourth-order valence-corrected chi connectivity index (χ4v) is 7.69. The Labute approximate surface area is 154 Å². The molecule has 26 heavy (non-hydrogen) atoms. The summed E-state index contributed by atoms with van der Waals surface area (Å²) in [6.07, 6.45) is 2.80. The van der Waals surface area contributed by atoms with E-state index in [1.807, 2.05) is 11.9 Å². The SMILES string of the molecule is C[C@H]1CCN2C[C@]34C[C@]5(CC(=O)N(C)C5=O)C(C)(C)[C@@H]3C[C@]12C(=O)N4C. The second-order valence-corrected chi connectivity index (χ2v) is 10.2. The average molecular weight is 359 g/mol. The Morgan fingerprint density at radius 1 is 1.08 bits per heavy atom. The fraction of sp³-hybridized carbons (Fsp3) is 0.850. The van der Waals surface area contributed by atoms with Crippen LogP contribution in [0.1, 0.15) is 46.5 Å². The van der Waals surface area contributed by atoms with Crippen molar-refractivity contribution in [2.45, 2.75) is 57.5 Å². The summed E-state index contributed by atoms with van der Waals surface area (Å²) in [5.41, 5.74) is -1.71. The summed E-state index contributed by atoms with van der Waals surface area (Å²) in [5, 5.41) is 0. The molecule has 6 heteroatoms. The Hall–Kier alpha value is -1.43. The standard InChI is InChI=1S/C20H29N3O3/c1-12-6-7-23-11-19-10-18(9-14(24)21(4)15(18)25)17(2,3)13(19)8-20(12,23)16(26)22(19)5/h12-13H,6-11H2,1-5H3/t12-,13-,18-,19+,20+/m0/s1. The molecule has 0 aromatic heterocycles. The maximum absolute atomic E-state index is 13.5. The van der Waals surface area contributed by atoms with Gasteiger partial charge in [-0.3, -0.25) is 24.2 Å². The van der Waals surface area contributed by atoms with Crippen molar-refractivity contribution in [3.63, 3.8) is 0 Å². The Balaban J connectivity index is 1.70. The number of nitrogens with zero attached hydrogens (tertiary/aromatic N) is 3. The molecule has 0 unspecified atom stereocenters. The lowest BCUT2D eigenvalue weighted by atomic mass is 9.57. The Kier molecular flexibility index (Phi) is 2.79. The molecule has 6 fully saturated rings. The second-order valence-electron chi connectivity index (χ2n) is 10.2. The van der Waals surface area contributed by atoms with Gasteiger partial charge in [-0.05, 0) is 43.1 Å². The first-order valence-corrected chi connectivity index (χ1v) is 9.89. The van der Waals surface area contributed by atoms with Gasteiger partial charge in [0, 0.05) is 27.1 Å². The third-order valence-corrected chi connectivity index (χ3v) is 9.44. The summed E-state index contributed by atoms with van der Waals surface area (Å²) in [6, 6.07) is 0. The molecule has 6 nitrogen and oxygen atoms in total. The summed E-state index contributed by atoms with van der Waals surface area (Å²) >= 11 is 0. The average Bonchev–Trinajstić information content (AvgIpc) is 3.10. The monoisotopic (exact) mass is 359 g/mol. The minimum atomic E-state index is -0.674. The number of hydrogen-bond donors (Lipinski definition) is 0. The summed E-state index contributed by atoms with van der Waals surface area (Å²) < 4.78 is 0. The Morgan fingerprint density at radius 3 is 2.38 bits per heavy atom. The molecular weight excluding hydrogens is 330 g/mol. The highest BCUT2D eigenvalue weighted by Gasteiger charge is 2.80. The van der Waals surface area contributed by atoms with E-state index in [1.54, 1.807) is 7.05 Å².